The number of quaternary nitrogens is 2. The molecule has 5 nitrogen and oxygen atoms in total. The van der Waals surface area contributed by atoms with Crippen molar-refractivity contribution < 1.29 is 23.7 Å². The van der Waals surface area contributed by atoms with E-state index < -0.39 is 5.82 Å². The zero-order chi connectivity index (χ0) is 18.4. The molecule has 3 rings (SSSR count). The summed E-state index contributed by atoms with van der Waals surface area (Å²) in [4.78, 5) is 14.9. The number of hydrogen-bond donors (Lipinski definition) is 3. The van der Waals surface area contributed by atoms with Crippen LogP contribution >= 0.6 is 0 Å². The highest BCUT2D eigenvalue weighted by Crippen LogP contribution is 2.12. The number of carbonyl (C=O) groups is 1. The molecular weight excluding hydrogens is 333 g/mol. The van der Waals surface area contributed by atoms with Crippen molar-refractivity contribution in [3.05, 3.63) is 59.9 Å². The number of anilines is 1. The zero-order valence-corrected chi connectivity index (χ0v) is 15.1. The van der Waals surface area contributed by atoms with Crippen molar-refractivity contribution in [2.75, 3.05) is 45.2 Å². The average molecular weight is 359 g/mol. The zero-order valence-electron chi connectivity index (χ0n) is 15.1. The highest BCUT2D eigenvalue weighted by Gasteiger charge is 2.25. The lowest BCUT2D eigenvalue weighted by Crippen LogP contribution is -3.28. The second-order valence-electron chi connectivity index (χ2n) is 6.73. The maximum Gasteiger partial charge on any atom is 0.279 e. The summed E-state index contributed by atoms with van der Waals surface area (Å²) < 4.78 is 18.9. The number of nitrogens with one attached hydrogen (secondary N) is 3. The molecule has 2 aromatic carbocycles. The van der Waals surface area contributed by atoms with Crippen molar-refractivity contribution in [1.29, 1.82) is 0 Å². The molecule has 0 spiro atoms. The van der Waals surface area contributed by atoms with Crippen molar-refractivity contribution in [3.63, 3.8) is 0 Å². The van der Waals surface area contributed by atoms with Gasteiger partial charge in [0.25, 0.3) is 5.91 Å². The Hall–Kier alpha value is -2.44. The molecular formula is C20H26FN3O2+2. The maximum atomic E-state index is 13.6. The van der Waals surface area contributed by atoms with Crippen LogP contribution in [0.25, 0.3) is 0 Å². The minimum atomic E-state index is -0.400. The van der Waals surface area contributed by atoms with Gasteiger partial charge in [0.05, 0.1) is 12.8 Å². The molecule has 1 heterocycles. The second-order valence-corrected chi connectivity index (χ2v) is 6.73. The van der Waals surface area contributed by atoms with Gasteiger partial charge in [0.2, 0.25) is 0 Å². The Bertz CT molecular complexity index is 745. The van der Waals surface area contributed by atoms with E-state index in [1.165, 1.54) is 21.4 Å². The van der Waals surface area contributed by atoms with Crippen LogP contribution in [-0.2, 0) is 11.3 Å². The summed E-state index contributed by atoms with van der Waals surface area (Å²) in [6, 6.07) is 14.4. The summed E-state index contributed by atoms with van der Waals surface area (Å²) in [5.41, 5.74) is 1.51. The smallest absolute Gasteiger partial charge is 0.279 e. The molecule has 3 N–H and O–H groups in total. The molecule has 1 aliphatic rings. The van der Waals surface area contributed by atoms with Crippen molar-refractivity contribution >= 4 is 11.6 Å². The molecule has 1 amide bonds. The Balaban J connectivity index is 1.44. The summed E-state index contributed by atoms with van der Waals surface area (Å²) >= 11 is 0. The van der Waals surface area contributed by atoms with Gasteiger partial charge in [-0.05, 0) is 24.3 Å². The van der Waals surface area contributed by atoms with Crippen LogP contribution in [0, 0.1) is 5.82 Å². The molecule has 0 unspecified atom stereocenters. The fourth-order valence-corrected chi connectivity index (χ4v) is 3.37. The Morgan fingerprint density at radius 2 is 1.81 bits per heavy atom. The molecule has 6 heteroatoms. The Labute approximate surface area is 153 Å². The molecule has 0 saturated carbocycles. The topological polar surface area (TPSA) is 47.2 Å². The predicted molar refractivity (Wildman–Crippen MR) is 98.0 cm³/mol. The molecule has 0 aliphatic carbocycles. The molecule has 0 radical (unpaired) electrons. The fourth-order valence-electron chi connectivity index (χ4n) is 3.37. The van der Waals surface area contributed by atoms with Crippen LogP contribution in [0.2, 0.25) is 0 Å². The standard InChI is InChI=1S/C20H24FN3O2/c1-26-17-6-4-5-16(13-17)14-23-9-11-24(12-10-23)15-20(25)22-19-8-3-2-7-18(19)21/h2-8,13H,9-12,14-15H2,1H3,(H,22,25)/p+2. The van der Waals surface area contributed by atoms with Gasteiger partial charge in [-0.25, -0.2) is 4.39 Å². The summed E-state index contributed by atoms with van der Waals surface area (Å²) in [5, 5.41) is 2.67. The van der Waals surface area contributed by atoms with Crippen LogP contribution in [0.1, 0.15) is 5.56 Å². The van der Waals surface area contributed by atoms with Crippen LogP contribution < -0.4 is 19.9 Å². The lowest BCUT2D eigenvalue weighted by molar-refractivity contribution is -1.02. The number of ether oxygens (including phenoxy) is 1. The molecule has 2 aromatic rings. The van der Waals surface area contributed by atoms with Crippen LogP contribution in [0.15, 0.2) is 48.5 Å². The highest BCUT2D eigenvalue weighted by molar-refractivity contribution is 5.91. The van der Waals surface area contributed by atoms with Gasteiger partial charge in [-0.3, -0.25) is 4.79 Å². The third-order valence-electron chi connectivity index (χ3n) is 4.81. The highest BCUT2D eigenvalue weighted by atomic mass is 19.1. The minimum absolute atomic E-state index is 0.138. The quantitative estimate of drug-likeness (QED) is 0.667. The van der Waals surface area contributed by atoms with E-state index in [4.69, 9.17) is 4.74 Å². The van der Waals surface area contributed by atoms with Gasteiger partial charge in [-0.2, -0.15) is 0 Å². The number of hydrogen-bond acceptors (Lipinski definition) is 2. The van der Waals surface area contributed by atoms with Gasteiger partial charge in [0, 0.05) is 5.56 Å². The van der Waals surface area contributed by atoms with E-state index in [2.05, 4.69) is 17.4 Å². The van der Waals surface area contributed by atoms with Crippen molar-refractivity contribution in [1.82, 2.24) is 0 Å². The van der Waals surface area contributed by atoms with E-state index in [9.17, 15) is 9.18 Å². The van der Waals surface area contributed by atoms with Crippen LogP contribution in [-0.4, -0.2) is 45.7 Å². The average Bonchev–Trinajstić information content (AvgIpc) is 2.65. The lowest BCUT2D eigenvalue weighted by Gasteiger charge is -2.29. The van der Waals surface area contributed by atoms with Crippen LogP contribution in [0.5, 0.6) is 5.75 Å². The van der Waals surface area contributed by atoms with E-state index >= 15 is 0 Å². The molecule has 26 heavy (non-hydrogen) atoms. The first-order chi connectivity index (χ1) is 12.6. The molecule has 0 bridgehead atoms. The molecule has 1 fully saturated rings. The molecule has 138 valence electrons. The molecule has 0 atom stereocenters. The van der Waals surface area contributed by atoms with E-state index in [1.807, 2.05) is 12.1 Å². The SMILES string of the molecule is COc1cccc(C[NH+]2CC[NH+](CC(=O)Nc3ccccc3F)CC2)c1. The third-order valence-corrected chi connectivity index (χ3v) is 4.81. The minimum Gasteiger partial charge on any atom is -0.497 e. The summed E-state index contributed by atoms with van der Waals surface area (Å²) in [6.07, 6.45) is 0. The van der Waals surface area contributed by atoms with E-state index in [1.54, 1.807) is 25.3 Å². The normalized spacial score (nSPS) is 19.8. The number of carbonyl (C=O) groups excluding carboxylic acids is 1. The first kappa shape index (κ1) is 18.4. The number of methoxy groups -OCH3 is 1. The number of para-hydroxylation sites is 1. The first-order valence-electron chi connectivity index (χ1n) is 8.98. The number of benzene rings is 2. The maximum absolute atomic E-state index is 13.6. The van der Waals surface area contributed by atoms with Gasteiger partial charge >= 0.3 is 0 Å². The monoisotopic (exact) mass is 359 g/mol. The van der Waals surface area contributed by atoms with Gasteiger partial charge < -0.3 is 19.9 Å². The van der Waals surface area contributed by atoms with Crippen molar-refractivity contribution in [2.24, 2.45) is 0 Å². The molecule has 1 aliphatic heterocycles. The van der Waals surface area contributed by atoms with E-state index in [0.717, 1.165) is 38.5 Å². The molecule has 0 aromatic heterocycles. The Kier molecular flexibility index (Phi) is 6.20. The lowest BCUT2D eigenvalue weighted by atomic mass is 10.2. The third kappa shape index (κ3) is 5.03. The summed E-state index contributed by atoms with van der Waals surface area (Å²) in [5.74, 6) is 0.348. The van der Waals surface area contributed by atoms with Crippen molar-refractivity contribution in [3.8, 4) is 5.75 Å². The summed E-state index contributed by atoms with van der Waals surface area (Å²) in [6.45, 7) is 5.24. The first-order valence-corrected chi connectivity index (χ1v) is 8.98. The Morgan fingerprint density at radius 1 is 1.08 bits per heavy atom. The number of amides is 1. The second kappa shape index (κ2) is 8.78. The number of piperazine rings is 1. The van der Waals surface area contributed by atoms with Gasteiger partial charge in [-0.15, -0.1) is 0 Å². The number of halogens is 1. The van der Waals surface area contributed by atoms with Crippen LogP contribution in [0.4, 0.5) is 10.1 Å². The summed E-state index contributed by atoms with van der Waals surface area (Å²) in [7, 11) is 1.68. The number of rotatable bonds is 6. The fraction of sp³-hybridized carbons (Fsp3) is 0.350. The van der Waals surface area contributed by atoms with Crippen LogP contribution in [0.3, 0.4) is 0 Å². The molecule has 1 saturated heterocycles. The van der Waals surface area contributed by atoms with Crippen molar-refractivity contribution in [2.45, 2.75) is 6.54 Å². The Morgan fingerprint density at radius 3 is 2.54 bits per heavy atom. The van der Waals surface area contributed by atoms with Gasteiger partial charge in [0.1, 0.15) is 44.3 Å². The van der Waals surface area contributed by atoms with Gasteiger partial charge in [0.15, 0.2) is 6.54 Å². The van der Waals surface area contributed by atoms with E-state index in [0.29, 0.717) is 6.54 Å². The predicted octanol–water partition coefficient (Wildman–Crippen LogP) is -0.244. The largest absolute Gasteiger partial charge is 0.497 e. The van der Waals surface area contributed by atoms with Gasteiger partial charge in [-0.1, -0.05) is 24.3 Å². The van der Waals surface area contributed by atoms with E-state index in [-0.39, 0.29) is 11.6 Å².